The maximum Gasteiger partial charge on any atom is 0.275 e. The Labute approximate surface area is 169 Å². The lowest BCUT2D eigenvalue weighted by atomic mass is 10.2. The first-order valence-corrected chi connectivity index (χ1v) is 11.0. The molecule has 1 amide bonds. The van der Waals surface area contributed by atoms with Gasteiger partial charge in [0.15, 0.2) is 11.6 Å². The van der Waals surface area contributed by atoms with Crippen LogP contribution in [0.2, 0.25) is 0 Å². The number of aryl methyl sites for hydroxylation is 1. The third kappa shape index (κ3) is 5.54. The predicted molar refractivity (Wildman–Crippen MR) is 115 cm³/mol. The topological polar surface area (TPSA) is 46.4 Å². The van der Waals surface area contributed by atoms with E-state index in [0.29, 0.717) is 13.1 Å². The number of quaternary nitrogens is 1. The van der Waals surface area contributed by atoms with Crippen molar-refractivity contribution in [2.75, 3.05) is 25.9 Å². The fourth-order valence-corrected chi connectivity index (χ4v) is 4.63. The molecule has 6 heteroatoms. The summed E-state index contributed by atoms with van der Waals surface area (Å²) in [6.45, 7) is 5.35. The van der Waals surface area contributed by atoms with Crippen LogP contribution in [0.3, 0.4) is 0 Å². The zero-order chi connectivity index (χ0) is 19.2. The van der Waals surface area contributed by atoms with Crippen molar-refractivity contribution in [3.8, 4) is 0 Å². The summed E-state index contributed by atoms with van der Waals surface area (Å²) in [4.78, 5) is 19.4. The molecule has 1 unspecified atom stereocenters. The highest BCUT2D eigenvalue weighted by Crippen LogP contribution is 2.24. The van der Waals surface area contributed by atoms with Gasteiger partial charge in [-0.3, -0.25) is 4.79 Å². The lowest BCUT2D eigenvalue weighted by molar-refractivity contribution is -0.902. The Morgan fingerprint density at radius 2 is 1.96 bits per heavy atom. The standard InChI is InChI=1S/C21H25N3OS2/c1-15-8-10-17(11-9-15)26-13-12-22-20(25)14-24(3)16(2)21-23-18-6-4-5-7-19(18)27-21/h4-11,16H,12-14H2,1-3H3,(H,22,25)/p+1/t16-/m1/s1. The molecule has 2 atom stereocenters. The Balaban J connectivity index is 1.43. The van der Waals surface area contributed by atoms with Crippen LogP contribution in [-0.2, 0) is 4.79 Å². The fraction of sp³-hybridized carbons (Fsp3) is 0.333. The normalized spacial score (nSPS) is 13.4. The van der Waals surface area contributed by atoms with Crippen LogP contribution in [0.5, 0.6) is 0 Å². The van der Waals surface area contributed by atoms with Gasteiger partial charge in [0.25, 0.3) is 5.91 Å². The smallest absolute Gasteiger partial charge is 0.275 e. The predicted octanol–water partition coefficient (Wildman–Crippen LogP) is 3.09. The number of nitrogens with one attached hydrogen (secondary N) is 2. The van der Waals surface area contributed by atoms with E-state index < -0.39 is 0 Å². The lowest BCUT2D eigenvalue weighted by Crippen LogP contribution is -3.10. The third-order valence-corrected chi connectivity index (χ3v) is 6.81. The van der Waals surface area contributed by atoms with Crippen LogP contribution >= 0.6 is 23.1 Å². The molecule has 0 fully saturated rings. The minimum Gasteiger partial charge on any atom is -0.350 e. The van der Waals surface area contributed by atoms with Crippen molar-refractivity contribution in [1.82, 2.24) is 10.3 Å². The van der Waals surface area contributed by atoms with Gasteiger partial charge in [0.2, 0.25) is 0 Å². The molecule has 2 aromatic carbocycles. The van der Waals surface area contributed by atoms with E-state index in [4.69, 9.17) is 4.98 Å². The van der Waals surface area contributed by atoms with Crippen molar-refractivity contribution in [1.29, 1.82) is 0 Å². The van der Waals surface area contributed by atoms with Crippen LogP contribution in [0.25, 0.3) is 10.2 Å². The summed E-state index contributed by atoms with van der Waals surface area (Å²) in [5, 5.41) is 4.11. The minimum atomic E-state index is 0.0879. The van der Waals surface area contributed by atoms with Crippen LogP contribution in [-0.4, -0.2) is 36.8 Å². The molecule has 0 saturated carbocycles. The van der Waals surface area contributed by atoms with Crippen molar-refractivity contribution in [2.24, 2.45) is 0 Å². The molecule has 4 nitrogen and oxygen atoms in total. The van der Waals surface area contributed by atoms with Crippen LogP contribution in [0.1, 0.15) is 23.5 Å². The van der Waals surface area contributed by atoms with Crippen molar-refractivity contribution in [3.63, 3.8) is 0 Å². The Hall–Kier alpha value is -1.89. The first-order chi connectivity index (χ1) is 13.0. The van der Waals surface area contributed by atoms with Gasteiger partial charge < -0.3 is 10.2 Å². The van der Waals surface area contributed by atoms with Crippen molar-refractivity contribution in [3.05, 3.63) is 59.1 Å². The summed E-state index contributed by atoms with van der Waals surface area (Å²) in [6.07, 6.45) is 0. The molecule has 1 aromatic heterocycles. The minimum absolute atomic E-state index is 0.0879. The number of hydrogen-bond acceptors (Lipinski definition) is 4. The first-order valence-electron chi connectivity index (χ1n) is 9.17. The van der Waals surface area contributed by atoms with Gasteiger partial charge in [-0.1, -0.05) is 29.8 Å². The molecule has 0 aliphatic carbocycles. The number of nitrogens with zero attached hydrogens (tertiary/aromatic N) is 1. The van der Waals surface area contributed by atoms with Gasteiger partial charge >= 0.3 is 0 Å². The molecule has 1 heterocycles. The molecule has 2 N–H and O–H groups in total. The maximum atomic E-state index is 12.3. The van der Waals surface area contributed by atoms with Gasteiger partial charge in [-0.15, -0.1) is 23.1 Å². The van der Waals surface area contributed by atoms with E-state index in [9.17, 15) is 4.79 Å². The number of fused-ring (bicyclic) bond motifs is 1. The van der Waals surface area contributed by atoms with Crippen molar-refractivity contribution in [2.45, 2.75) is 24.8 Å². The van der Waals surface area contributed by atoms with Crippen LogP contribution in [0, 0.1) is 6.92 Å². The SMILES string of the molecule is Cc1ccc(SCCNC(=O)C[NH+](C)[C@H](C)c2nc3ccccc3s2)cc1. The van der Waals surface area contributed by atoms with E-state index in [0.717, 1.165) is 21.2 Å². The average Bonchev–Trinajstić information content (AvgIpc) is 3.10. The Morgan fingerprint density at radius 1 is 1.22 bits per heavy atom. The van der Waals surface area contributed by atoms with Gasteiger partial charge in [0.05, 0.1) is 17.3 Å². The van der Waals surface area contributed by atoms with E-state index >= 15 is 0 Å². The number of para-hydroxylation sites is 1. The first kappa shape index (κ1) is 19.9. The number of likely N-dealkylation sites (N-methyl/N-ethyl adjacent to an activating group) is 1. The van der Waals surface area contributed by atoms with E-state index in [1.165, 1.54) is 15.2 Å². The summed E-state index contributed by atoms with van der Waals surface area (Å²) in [6, 6.07) is 16.8. The molecule has 0 aliphatic rings. The molecule has 27 heavy (non-hydrogen) atoms. The monoisotopic (exact) mass is 400 g/mol. The molecular weight excluding hydrogens is 374 g/mol. The number of amides is 1. The quantitative estimate of drug-likeness (QED) is 0.451. The Kier molecular flexibility index (Phi) is 6.88. The zero-order valence-electron chi connectivity index (χ0n) is 16.0. The largest absolute Gasteiger partial charge is 0.350 e. The second-order valence-corrected chi connectivity index (χ2v) is 9.01. The van der Waals surface area contributed by atoms with Gasteiger partial charge in [-0.05, 0) is 38.1 Å². The highest BCUT2D eigenvalue weighted by atomic mass is 32.2. The second-order valence-electron chi connectivity index (χ2n) is 6.78. The molecule has 142 valence electrons. The van der Waals surface area contributed by atoms with Gasteiger partial charge in [-0.2, -0.15) is 0 Å². The highest BCUT2D eigenvalue weighted by Gasteiger charge is 2.21. The van der Waals surface area contributed by atoms with Crippen LogP contribution < -0.4 is 10.2 Å². The summed E-state index contributed by atoms with van der Waals surface area (Å²) < 4.78 is 1.20. The number of carbonyl (C=O) groups excluding carboxylic acids is 1. The number of thiazole rings is 1. The molecule has 0 bridgehead atoms. The van der Waals surface area contributed by atoms with E-state index in [1.54, 1.807) is 23.1 Å². The number of carbonyl (C=O) groups is 1. The van der Waals surface area contributed by atoms with Gasteiger partial charge in [-0.25, -0.2) is 4.98 Å². The lowest BCUT2D eigenvalue weighted by Gasteiger charge is -2.19. The molecule has 0 spiro atoms. The summed E-state index contributed by atoms with van der Waals surface area (Å²) in [5.74, 6) is 0.964. The van der Waals surface area contributed by atoms with Crippen LogP contribution in [0.15, 0.2) is 53.4 Å². The van der Waals surface area contributed by atoms with Crippen LogP contribution in [0.4, 0.5) is 0 Å². The summed E-state index contributed by atoms with van der Waals surface area (Å²) >= 11 is 3.48. The van der Waals surface area contributed by atoms with E-state index in [-0.39, 0.29) is 11.9 Å². The van der Waals surface area contributed by atoms with Crippen molar-refractivity contribution >= 4 is 39.2 Å². The highest BCUT2D eigenvalue weighted by molar-refractivity contribution is 7.99. The number of thioether (sulfide) groups is 1. The number of rotatable bonds is 8. The molecule has 0 saturated heterocycles. The van der Waals surface area contributed by atoms with Crippen molar-refractivity contribution < 1.29 is 9.69 Å². The Bertz CT molecular complexity index is 859. The number of aromatic nitrogens is 1. The fourth-order valence-electron chi connectivity index (χ4n) is 2.75. The van der Waals surface area contributed by atoms with Gasteiger partial charge in [0, 0.05) is 17.2 Å². The molecular formula is C21H26N3OS2+. The second kappa shape index (κ2) is 9.35. The number of benzene rings is 2. The molecule has 0 aliphatic heterocycles. The average molecular weight is 401 g/mol. The zero-order valence-corrected chi connectivity index (χ0v) is 17.6. The molecule has 3 rings (SSSR count). The van der Waals surface area contributed by atoms with E-state index in [2.05, 4.69) is 56.5 Å². The van der Waals surface area contributed by atoms with E-state index in [1.807, 2.05) is 18.2 Å². The summed E-state index contributed by atoms with van der Waals surface area (Å²) in [7, 11) is 2.05. The number of hydrogen-bond donors (Lipinski definition) is 2. The molecule has 0 radical (unpaired) electrons. The molecule has 3 aromatic rings. The van der Waals surface area contributed by atoms with Gasteiger partial charge in [0.1, 0.15) is 6.04 Å². The third-order valence-electron chi connectivity index (χ3n) is 4.57. The maximum absolute atomic E-state index is 12.3. The Morgan fingerprint density at radius 3 is 2.70 bits per heavy atom. The summed E-state index contributed by atoms with van der Waals surface area (Å²) in [5.41, 5.74) is 2.30.